The van der Waals surface area contributed by atoms with Crippen molar-refractivity contribution in [1.82, 2.24) is 16.0 Å². The van der Waals surface area contributed by atoms with E-state index in [9.17, 15) is 24.3 Å². The molecular formula is C15H28N4O6S2. The molecule has 0 aromatic rings. The molecule has 0 spiro atoms. The molecule has 0 fully saturated rings. The van der Waals surface area contributed by atoms with Crippen LogP contribution in [-0.4, -0.2) is 76.2 Å². The average molecular weight is 425 g/mol. The molecule has 7 N–H and O–H groups in total. The van der Waals surface area contributed by atoms with Crippen molar-refractivity contribution < 1.29 is 29.4 Å². The Kier molecular flexibility index (Phi) is 12.1. The van der Waals surface area contributed by atoms with Gasteiger partial charge in [-0.25, -0.2) is 4.79 Å². The Balaban J connectivity index is 4.96. The van der Waals surface area contributed by atoms with Gasteiger partial charge in [0.2, 0.25) is 17.7 Å². The van der Waals surface area contributed by atoms with Gasteiger partial charge in [-0.2, -0.15) is 25.3 Å². The smallest absolute Gasteiger partial charge is 0.326 e. The number of thiol groups is 2. The van der Waals surface area contributed by atoms with Crippen LogP contribution in [0.3, 0.4) is 0 Å². The topological polar surface area (TPSA) is 171 Å². The Hall–Kier alpha value is -1.50. The van der Waals surface area contributed by atoms with Gasteiger partial charge in [0.15, 0.2) is 0 Å². The van der Waals surface area contributed by atoms with Crippen molar-refractivity contribution >= 4 is 48.9 Å². The van der Waals surface area contributed by atoms with Crippen molar-refractivity contribution in [3.05, 3.63) is 0 Å². The number of carbonyl (C=O) groups is 4. The molecule has 156 valence electrons. The standard InChI is InChI=1S/C15H28N4O6S2/c1-7(2)3-9(15(24)25)17-13(22)10(4-20)18-14(23)11(6-27)19-12(21)8(16)5-26/h7-11,20,26-27H,3-6,16H2,1-2H3,(H,17,22)(H,18,23)(H,19,21)(H,24,25). The van der Waals surface area contributed by atoms with Crippen molar-refractivity contribution in [2.45, 2.75) is 44.4 Å². The summed E-state index contributed by atoms with van der Waals surface area (Å²) < 4.78 is 0. The lowest BCUT2D eigenvalue weighted by Crippen LogP contribution is -2.58. The maximum atomic E-state index is 12.2. The van der Waals surface area contributed by atoms with E-state index in [2.05, 4.69) is 41.2 Å². The number of hydrogen-bond acceptors (Lipinski definition) is 8. The number of aliphatic hydroxyl groups excluding tert-OH is 1. The summed E-state index contributed by atoms with van der Waals surface area (Å²) in [7, 11) is 0. The molecular weight excluding hydrogens is 396 g/mol. The van der Waals surface area contributed by atoms with E-state index in [1.807, 2.05) is 0 Å². The first-order valence-electron chi connectivity index (χ1n) is 8.29. The van der Waals surface area contributed by atoms with Crippen LogP contribution in [0.1, 0.15) is 20.3 Å². The molecule has 0 aromatic heterocycles. The lowest BCUT2D eigenvalue weighted by atomic mass is 10.0. The normalized spacial score (nSPS) is 15.4. The zero-order chi connectivity index (χ0) is 21.1. The van der Waals surface area contributed by atoms with Crippen LogP contribution < -0.4 is 21.7 Å². The summed E-state index contributed by atoms with van der Waals surface area (Å²) in [4.78, 5) is 47.5. The molecule has 0 aliphatic rings. The molecule has 0 rings (SSSR count). The van der Waals surface area contributed by atoms with Crippen LogP contribution in [0.25, 0.3) is 0 Å². The zero-order valence-electron chi connectivity index (χ0n) is 15.2. The molecule has 0 bridgehead atoms. The van der Waals surface area contributed by atoms with Gasteiger partial charge in [0, 0.05) is 11.5 Å². The SMILES string of the molecule is CC(C)CC(NC(=O)C(CO)NC(=O)C(CS)NC(=O)C(N)CS)C(=O)O. The highest BCUT2D eigenvalue weighted by Crippen LogP contribution is 2.05. The highest BCUT2D eigenvalue weighted by molar-refractivity contribution is 7.80. The molecule has 0 aliphatic heterocycles. The summed E-state index contributed by atoms with van der Waals surface area (Å²) in [6.07, 6.45) is 0.185. The van der Waals surface area contributed by atoms with E-state index in [1.54, 1.807) is 13.8 Å². The predicted octanol–water partition coefficient (Wildman–Crippen LogP) is -2.25. The van der Waals surface area contributed by atoms with Crippen LogP contribution in [0.5, 0.6) is 0 Å². The lowest BCUT2D eigenvalue weighted by molar-refractivity contribution is -0.143. The number of carboxylic acids is 1. The van der Waals surface area contributed by atoms with E-state index in [-0.39, 0.29) is 23.8 Å². The fourth-order valence-electron chi connectivity index (χ4n) is 1.99. The first kappa shape index (κ1) is 25.5. The van der Waals surface area contributed by atoms with E-state index in [0.717, 1.165) is 0 Å². The molecule has 0 saturated heterocycles. The summed E-state index contributed by atoms with van der Waals surface area (Å²) in [6.45, 7) is 2.83. The van der Waals surface area contributed by atoms with Gasteiger partial charge in [-0.15, -0.1) is 0 Å². The van der Waals surface area contributed by atoms with Crippen molar-refractivity contribution in [2.75, 3.05) is 18.1 Å². The quantitative estimate of drug-likeness (QED) is 0.164. The fraction of sp³-hybridized carbons (Fsp3) is 0.733. The molecule has 0 aliphatic carbocycles. The number of amides is 3. The molecule has 0 aromatic carbocycles. The van der Waals surface area contributed by atoms with Gasteiger partial charge in [0.1, 0.15) is 18.1 Å². The predicted molar refractivity (Wildman–Crippen MR) is 106 cm³/mol. The number of aliphatic carboxylic acids is 1. The van der Waals surface area contributed by atoms with Gasteiger partial charge < -0.3 is 31.9 Å². The summed E-state index contributed by atoms with van der Waals surface area (Å²) in [5.41, 5.74) is 5.51. The number of carboxylic acid groups (broad SMARTS) is 1. The third-order valence-corrected chi connectivity index (χ3v) is 4.24. The van der Waals surface area contributed by atoms with Crippen LogP contribution >= 0.6 is 25.3 Å². The summed E-state index contributed by atoms with van der Waals surface area (Å²) >= 11 is 7.86. The zero-order valence-corrected chi connectivity index (χ0v) is 17.0. The van der Waals surface area contributed by atoms with Gasteiger partial charge >= 0.3 is 5.97 Å². The largest absolute Gasteiger partial charge is 0.480 e. The van der Waals surface area contributed by atoms with E-state index in [1.165, 1.54) is 0 Å². The minimum atomic E-state index is -1.38. The summed E-state index contributed by atoms with van der Waals surface area (Å²) in [5.74, 6) is -3.46. The van der Waals surface area contributed by atoms with Crippen LogP contribution in [0.2, 0.25) is 0 Å². The molecule has 27 heavy (non-hydrogen) atoms. The Morgan fingerprint density at radius 3 is 1.78 bits per heavy atom. The third kappa shape index (κ3) is 9.31. The van der Waals surface area contributed by atoms with E-state index < -0.39 is 54.5 Å². The minimum absolute atomic E-state index is 0.00776. The van der Waals surface area contributed by atoms with Crippen LogP contribution in [0.15, 0.2) is 0 Å². The maximum absolute atomic E-state index is 12.2. The van der Waals surface area contributed by atoms with Crippen LogP contribution in [0.4, 0.5) is 0 Å². The molecule has 3 amide bonds. The monoisotopic (exact) mass is 424 g/mol. The van der Waals surface area contributed by atoms with Crippen molar-refractivity contribution in [3.8, 4) is 0 Å². The van der Waals surface area contributed by atoms with Gasteiger partial charge in [-0.1, -0.05) is 13.8 Å². The number of nitrogens with one attached hydrogen (secondary N) is 3. The lowest BCUT2D eigenvalue weighted by Gasteiger charge is -2.23. The molecule has 4 unspecified atom stereocenters. The van der Waals surface area contributed by atoms with Crippen LogP contribution in [-0.2, 0) is 19.2 Å². The van der Waals surface area contributed by atoms with Crippen molar-refractivity contribution in [1.29, 1.82) is 0 Å². The second kappa shape index (κ2) is 12.8. The molecule has 10 nitrogen and oxygen atoms in total. The summed E-state index contributed by atoms with van der Waals surface area (Å²) in [6, 6.07) is -4.56. The summed E-state index contributed by atoms with van der Waals surface area (Å²) in [5, 5.41) is 25.5. The van der Waals surface area contributed by atoms with Gasteiger partial charge in [-0.05, 0) is 12.3 Å². The Morgan fingerprint density at radius 2 is 1.37 bits per heavy atom. The molecule has 12 heteroatoms. The van der Waals surface area contributed by atoms with E-state index in [0.29, 0.717) is 0 Å². The number of aliphatic hydroxyl groups is 1. The number of rotatable bonds is 12. The number of hydrogen-bond donors (Lipinski definition) is 8. The van der Waals surface area contributed by atoms with Crippen molar-refractivity contribution in [2.24, 2.45) is 11.7 Å². The maximum Gasteiger partial charge on any atom is 0.326 e. The first-order valence-corrected chi connectivity index (χ1v) is 9.55. The molecule has 0 radical (unpaired) electrons. The average Bonchev–Trinajstić information content (AvgIpc) is 2.61. The van der Waals surface area contributed by atoms with E-state index >= 15 is 0 Å². The number of carbonyl (C=O) groups excluding carboxylic acids is 3. The van der Waals surface area contributed by atoms with E-state index in [4.69, 9.17) is 10.8 Å². The Labute approximate surface area is 168 Å². The number of nitrogens with two attached hydrogens (primary N) is 1. The highest BCUT2D eigenvalue weighted by Gasteiger charge is 2.29. The minimum Gasteiger partial charge on any atom is -0.480 e. The second-order valence-electron chi connectivity index (χ2n) is 6.31. The molecule has 0 heterocycles. The Bertz CT molecular complexity index is 534. The highest BCUT2D eigenvalue weighted by atomic mass is 32.1. The Morgan fingerprint density at radius 1 is 0.889 bits per heavy atom. The van der Waals surface area contributed by atoms with Crippen molar-refractivity contribution in [3.63, 3.8) is 0 Å². The van der Waals surface area contributed by atoms with Crippen LogP contribution in [0, 0.1) is 5.92 Å². The first-order chi connectivity index (χ1) is 12.6. The van der Waals surface area contributed by atoms with Gasteiger partial charge in [-0.3, -0.25) is 14.4 Å². The molecule has 4 atom stereocenters. The van der Waals surface area contributed by atoms with Gasteiger partial charge in [0.25, 0.3) is 0 Å². The molecule has 0 saturated carbocycles. The second-order valence-corrected chi connectivity index (χ2v) is 7.04. The fourth-order valence-corrected chi connectivity index (χ4v) is 2.41. The third-order valence-electron chi connectivity index (χ3n) is 3.49. The van der Waals surface area contributed by atoms with Gasteiger partial charge in [0.05, 0.1) is 12.6 Å².